The van der Waals surface area contributed by atoms with E-state index in [9.17, 15) is 9.59 Å². The molecule has 1 aliphatic rings. The largest absolute Gasteiger partial charge is 0.375 e. The van der Waals surface area contributed by atoms with Gasteiger partial charge in [-0.15, -0.1) is 0 Å². The topological polar surface area (TPSA) is 67.4 Å². The monoisotopic (exact) mass is 186 g/mol. The Morgan fingerprint density at radius 2 is 2.08 bits per heavy atom. The van der Waals surface area contributed by atoms with E-state index in [0.717, 1.165) is 12.8 Å². The number of methoxy groups -OCH3 is 1. The second-order valence-electron chi connectivity index (χ2n) is 3.05. The third kappa shape index (κ3) is 4.47. The molecule has 1 aliphatic carbocycles. The first-order valence-electron chi connectivity index (χ1n) is 4.27. The zero-order chi connectivity index (χ0) is 9.68. The first kappa shape index (κ1) is 9.98. The first-order valence-corrected chi connectivity index (χ1v) is 4.27. The Labute approximate surface area is 76.8 Å². The fraction of sp³-hybridized carbons (Fsp3) is 0.750. The van der Waals surface area contributed by atoms with Gasteiger partial charge in [0.1, 0.15) is 6.61 Å². The highest BCUT2D eigenvalue weighted by Gasteiger charge is 2.22. The lowest BCUT2D eigenvalue weighted by Gasteiger charge is -2.04. The summed E-state index contributed by atoms with van der Waals surface area (Å²) in [5.41, 5.74) is 0. The molecule has 0 saturated heterocycles. The summed E-state index contributed by atoms with van der Waals surface area (Å²) in [7, 11) is 1.43. The molecule has 0 unspecified atom stereocenters. The average molecular weight is 186 g/mol. The van der Waals surface area contributed by atoms with Crippen molar-refractivity contribution >= 4 is 11.8 Å². The minimum Gasteiger partial charge on any atom is -0.375 e. The minimum absolute atomic E-state index is 0.00327. The third-order valence-electron chi connectivity index (χ3n) is 1.66. The number of ether oxygens (including phenoxy) is 1. The lowest BCUT2D eigenvalue weighted by Crippen LogP contribution is -2.39. The van der Waals surface area contributed by atoms with E-state index in [0.29, 0.717) is 6.04 Å². The molecule has 5 heteroatoms. The molecule has 74 valence electrons. The van der Waals surface area contributed by atoms with Gasteiger partial charge in [-0.1, -0.05) is 0 Å². The standard InChI is InChI=1S/C8H14N2O3/c1-13-5-8(12)9-4-7(11)10-6-2-3-6/h6H,2-5H2,1H3,(H,9,12)(H,10,11). The summed E-state index contributed by atoms with van der Waals surface area (Å²) in [5, 5.41) is 5.20. The normalized spacial score (nSPS) is 15.2. The minimum atomic E-state index is -0.270. The number of amides is 2. The molecule has 0 bridgehead atoms. The van der Waals surface area contributed by atoms with Crippen molar-refractivity contribution in [2.75, 3.05) is 20.3 Å². The molecular formula is C8H14N2O3. The lowest BCUT2D eigenvalue weighted by atomic mass is 10.5. The van der Waals surface area contributed by atoms with Crippen molar-refractivity contribution in [3.8, 4) is 0 Å². The molecule has 0 aliphatic heterocycles. The molecule has 0 aromatic heterocycles. The lowest BCUT2D eigenvalue weighted by molar-refractivity contribution is -0.128. The van der Waals surface area contributed by atoms with Crippen molar-refractivity contribution in [3.63, 3.8) is 0 Å². The van der Waals surface area contributed by atoms with Gasteiger partial charge in [0.25, 0.3) is 0 Å². The quantitative estimate of drug-likeness (QED) is 0.580. The average Bonchev–Trinajstić information content (AvgIpc) is 2.85. The first-order chi connectivity index (χ1) is 6.22. The Morgan fingerprint density at radius 3 is 2.62 bits per heavy atom. The number of hydrogen-bond acceptors (Lipinski definition) is 3. The van der Waals surface area contributed by atoms with Crippen molar-refractivity contribution in [1.29, 1.82) is 0 Å². The van der Waals surface area contributed by atoms with E-state index in [1.54, 1.807) is 0 Å². The molecule has 1 fully saturated rings. The van der Waals surface area contributed by atoms with Crippen molar-refractivity contribution in [2.45, 2.75) is 18.9 Å². The van der Waals surface area contributed by atoms with Crippen LogP contribution in [0.2, 0.25) is 0 Å². The van der Waals surface area contributed by atoms with Crippen LogP contribution in [-0.4, -0.2) is 38.1 Å². The molecule has 0 atom stereocenters. The Hall–Kier alpha value is -1.10. The highest BCUT2D eigenvalue weighted by molar-refractivity contribution is 5.85. The van der Waals surface area contributed by atoms with Crippen molar-refractivity contribution < 1.29 is 14.3 Å². The molecule has 0 heterocycles. The van der Waals surface area contributed by atoms with Crippen molar-refractivity contribution in [2.24, 2.45) is 0 Å². The Morgan fingerprint density at radius 1 is 1.38 bits per heavy atom. The second-order valence-corrected chi connectivity index (χ2v) is 3.05. The number of hydrogen-bond donors (Lipinski definition) is 2. The fourth-order valence-electron chi connectivity index (χ4n) is 0.867. The van der Waals surface area contributed by atoms with E-state index in [1.807, 2.05) is 0 Å². The molecular weight excluding hydrogens is 172 g/mol. The molecule has 5 nitrogen and oxygen atoms in total. The molecule has 1 rings (SSSR count). The van der Waals surface area contributed by atoms with E-state index >= 15 is 0 Å². The highest BCUT2D eigenvalue weighted by atomic mass is 16.5. The van der Waals surface area contributed by atoms with Crippen LogP contribution in [0.25, 0.3) is 0 Å². The van der Waals surface area contributed by atoms with E-state index < -0.39 is 0 Å². The Bertz CT molecular complexity index is 202. The molecule has 0 aromatic rings. The van der Waals surface area contributed by atoms with Crippen LogP contribution in [0.5, 0.6) is 0 Å². The SMILES string of the molecule is COCC(=O)NCC(=O)NC1CC1. The van der Waals surface area contributed by atoms with Crippen LogP contribution in [0.15, 0.2) is 0 Å². The van der Waals surface area contributed by atoms with Gasteiger partial charge in [0, 0.05) is 13.2 Å². The third-order valence-corrected chi connectivity index (χ3v) is 1.66. The molecule has 13 heavy (non-hydrogen) atoms. The van der Waals surface area contributed by atoms with Crippen LogP contribution in [0.1, 0.15) is 12.8 Å². The molecule has 2 amide bonds. The van der Waals surface area contributed by atoms with Crippen LogP contribution in [0, 0.1) is 0 Å². The summed E-state index contributed by atoms with van der Waals surface area (Å²) in [6.07, 6.45) is 2.11. The van der Waals surface area contributed by atoms with Crippen LogP contribution in [0.4, 0.5) is 0 Å². The molecule has 2 N–H and O–H groups in total. The molecule has 0 spiro atoms. The summed E-state index contributed by atoms with van der Waals surface area (Å²) in [4.78, 5) is 21.9. The summed E-state index contributed by atoms with van der Waals surface area (Å²) in [6, 6.07) is 0.340. The van der Waals surface area contributed by atoms with Gasteiger partial charge >= 0.3 is 0 Å². The summed E-state index contributed by atoms with van der Waals surface area (Å²) in [6.45, 7) is 0.0371. The van der Waals surface area contributed by atoms with E-state index in [2.05, 4.69) is 15.4 Å². The van der Waals surface area contributed by atoms with Gasteiger partial charge in [0.15, 0.2) is 0 Å². The van der Waals surface area contributed by atoms with Gasteiger partial charge in [-0.05, 0) is 12.8 Å². The van der Waals surface area contributed by atoms with Gasteiger partial charge in [-0.2, -0.15) is 0 Å². The van der Waals surface area contributed by atoms with Gasteiger partial charge in [-0.25, -0.2) is 0 Å². The number of nitrogens with one attached hydrogen (secondary N) is 2. The Kier molecular flexibility index (Phi) is 3.70. The van der Waals surface area contributed by atoms with Crippen LogP contribution in [0.3, 0.4) is 0 Å². The molecule has 0 aromatic carbocycles. The van der Waals surface area contributed by atoms with Gasteiger partial charge in [0.2, 0.25) is 11.8 Å². The maximum Gasteiger partial charge on any atom is 0.246 e. The summed E-state index contributed by atoms with van der Waals surface area (Å²) >= 11 is 0. The maximum atomic E-state index is 11.0. The maximum absolute atomic E-state index is 11.0. The van der Waals surface area contributed by atoms with Gasteiger partial charge in [0.05, 0.1) is 6.54 Å². The summed E-state index contributed by atoms with van der Waals surface area (Å²) < 4.78 is 4.59. The zero-order valence-electron chi connectivity index (χ0n) is 7.63. The van der Waals surface area contributed by atoms with Crippen LogP contribution >= 0.6 is 0 Å². The fourth-order valence-corrected chi connectivity index (χ4v) is 0.867. The summed E-state index contributed by atoms with van der Waals surface area (Å²) in [5.74, 6) is -0.402. The molecule has 0 radical (unpaired) electrons. The predicted molar refractivity (Wildman–Crippen MR) is 46.1 cm³/mol. The van der Waals surface area contributed by atoms with E-state index in [4.69, 9.17) is 0 Å². The Balaban J connectivity index is 2.02. The van der Waals surface area contributed by atoms with Gasteiger partial charge in [-0.3, -0.25) is 9.59 Å². The van der Waals surface area contributed by atoms with Crippen LogP contribution in [-0.2, 0) is 14.3 Å². The van der Waals surface area contributed by atoms with Crippen molar-refractivity contribution in [1.82, 2.24) is 10.6 Å². The van der Waals surface area contributed by atoms with Gasteiger partial charge < -0.3 is 15.4 Å². The zero-order valence-corrected chi connectivity index (χ0v) is 7.63. The predicted octanol–water partition coefficient (Wildman–Crippen LogP) is -0.972. The molecule has 1 saturated carbocycles. The number of carbonyl (C=O) groups excluding carboxylic acids is 2. The number of rotatable bonds is 5. The highest BCUT2D eigenvalue weighted by Crippen LogP contribution is 2.17. The van der Waals surface area contributed by atoms with E-state index in [-0.39, 0.29) is 25.0 Å². The number of carbonyl (C=O) groups is 2. The van der Waals surface area contributed by atoms with Crippen molar-refractivity contribution in [3.05, 3.63) is 0 Å². The smallest absolute Gasteiger partial charge is 0.246 e. The van der Waals surface area contributed by atoms with E-state index in [1.165, 1.54) is 7.11 Å². The van der Waals surface area contributed by atoms with Crippen LogP contribution < -0.4 is 10.6 Å². The second kappa shape index (κ2) is 4.81.